The zero-order valence-corrected chi connectivity index (χ0v) is 11.4. The Kier molecular flexibility index (Phi) is 4.02. The second-order valence-corrected chi connectivity index (χ2v) is 5.33. The molecule has 1 amide bonds. The van der Waals surface area contributed by atoms with Gasteiger partial charge >= 0.3 is 0 Å². The van der Waals surface area contributed by atoms with Gasteiger partial charge in [0.25, 0.3) is 5.91 Å². The molecule has 0 aromatic heterocycles. The minimum atomic E-state index is 0.152. The molecule has 0 bridgehead atoms. The largest absolute Gasteiger partial charge is 0.333 e. The Morgan fingerprint density at radius 2 is 2.00 bits per heavy atom. The van der Waals surface area contributed by atoms with Crippen molar-refractivity contribution in [2.24, 2.45) is 0 Å². The smallest absolute Gasteiger partial charge is 0.254 e. The van der Waals surface area contributed by atoms with Gasteiger partial charge in [0.1, 0.15) is 0 Å². The van der Waals surface area contributed by atoms with Gasteiger partial charge in [-0.2, -0.15) is 0 Å². The average Bonchev–Trinajstić information content (AvgIpc) is 2.38. The first-order chi connectivity index (χ1) is 8.59. The normalized spacial score (nSPS) is 20.2. The van der Waals surface area contributed by atoms with E-state index in [9.17, 15) is 4.79 Å². The fourth-order valence-corrected chi connectivity index (χ4v) is 2.32. The lowest BCUT2D eigenvalue weighted by Crippen LogP contribution is -2.52. The van der Waals surface area contributed by atoms with Crippen LogP contribution in [0.3, 0.4) is 0 Å². The van der Waals surface area contributed by atoms with E-state index in [1.165, 1.54) is 5.56 Å². The predicted octanol–water partition coefficient (Wildman–Crippen LogP) is 2.24. The van der Waals surface area contributed by atoms with Crippen molar-refractivity contribution in [1.29, 1.82) is 0 Å². The molecule has 3 heteroatoms. The molecule has 1 N–H and O–H groups in total. The third kappa shape index (κ3) is 2.72. The number of nitrogens with zero attached hydrogens (tertiary/aromatic N) is 1. The number of rotatable bonds is 2. The van der Waals surface area contributed by atoms with Gasteiger partial charge in [-0.25, -0.2) is 0 Å². The van der Waals surface area contributed by atoms with Crippen LogP contribution in [0.1, 0.15) is 42.6 Å². The molecule has 1 fully saturated rings. The maximum Gasteiger partial charge on any atom is 0.254 e. The first-order valence-electron chi connectivity index (χ1n) is 6.71. The molecular formula is C15H22N2O. The Bertz CT molecular complexity index is 411. The predicted molar refractivity (Wildman–Crippen MR) is 73.9 cm³/mol. The molecular weight excluding hydrogens is 224 g/mol. The summed E-state index contributed by atoms with van der Waals surface area (Å²) in [6, 6.07) is 8.30. The summed E-state index contributed by atoms with van der Waals surface area (Å²) in [5.74, 6) is 0.659. The molecule has 0 aliphatic carbocycles. The van der Waals surface area contributed by atoms with Gasteiger partial charge in [-0.3, -0.25) is 4.79 Å². The SMILES string of the molecule is CC(C)c1ccc(C(=O)N2CCNC[C@@H]2C)cc1. The van der Waals surface area contributed by atoms with Crippen LogP contribution in [0.25, 0.3) is 0 Å². The number of hydrogen-bond acceptors (Lipinski definition) is 2. The van der Waals surface area contributed by atoms with E-state index in [0.29, 0.717) is 5.92 Å². The van der Waals surface area contributed by atoms with Gasteiger partial charge < -0.3 is 10.2 Å². The monoisotopic (exact) mass is 246 g/mol. The number of nitrogens with one attached hydrogen (secondary N) is 1. The number of carbonyl (C=O) groups is 1. The van der Waals surface area contributed by atoms with Crippen molar-refractivity contribution in [2.45, 2.75) is 32.7 Å². The van der Waals surface area contributed by atoms with Gasteiger partial charge in [0.15, 0.2) is 0 Å². The van der Waals surface area contributed by atoms with Crippen LogP contribution in [0.15, 0.2) is 24.3 Å². The Labute approximate surface area is 109 Å². The summed E-state index contributed by atoms with van der Waals surface area (Å²) < 4.78 is 0. The Morgan fingerprint density at radius 1 is 1.33 bits per heavy atom. The summed E-state index contributed by atoms with van der Waals surface area (Å²) in [5, 5.41) is 3.30. The topological polar surface area (TPSA) is 32.3 Å². The highest BCUT2D eigenvalue weighted by Crippen LogP contribution is 2.16. The van der Waals surface area contributed by atoms with E-state index >= 15 is 0 Å². The lowest BCUT2D eigenvalue weighted by atomic mass is 10.0. The van der Waals surface area contributed by atoms with Crippen molar-refractivity contribution in [3.8, 4) is 0 Å². The molecule has 0 saturated carbocycles. The minimum Gasteiger partial charge on any atom is -0.333 e. The van der Waals surface area contributed by atoms with Crippen LogP contribution in [0.5, 0.6) is 0 Å². The highest BCUT2D eigenvalue weighted by Gasteiger charge is 2.23. The molecule has 0 radical (unpaired) electrons. The zero-order chi connectivity index (χ0) is 13.1. The van der Waals surface area contributed by atoms with Crippen LogP contribution in [-0.2, 0) is 0 Å². The summed E-state index contributed by atoms with van der Waals surface area (Å²) in [5.41, 5.74) is 2.08. The second kappa shape index (κ2) is 5.53. The first-order valence-corrected chi connectivity index (χ1v) is 6.71. The van der Waals surface area contributed by atoms with Gasteiger partial charge in [0.2, 0.25) is 0 Å². The highest BCUT2D eigenvalue weighted by molar-refractivity contribution is 5.94. The van der Waals surface area contributed by atoms with Crippen molar-refractivity contribution in [3.05, 3.63) is 35.4 Å². The van der Waals surface area contributed by atoms with E-state index < -0.39 is 0 Å². The van der Waals surface area contributed by atoms with Crippen LogP contribution in [0, 0.1) is 0 Å². The molecule has 0 unspecified atom stereocenters. The summed E-state index contributed by atoms with van der Waals surface area (Å²) in [7, 11) is 0. The maximum atomic E-state index is 12.4. The van der Waals surface area contributed by atoms with E-state index in [0.717, 1.165) is 25.2 Å². The lowest BCUT2D eigenvalue weighted by Gasteiger charge is -2.34. The fraction of sp³-hybridized carbons (Fsp3) is 0.533. The second-order valence-electron chi connectivity index (χ2n) is 5.33. The summed E-state index contributed by atoms with van der Waals surface area (Å²) in [6.07, 6.45) is 0. The van der Waals surface area contributed by atoms with E-state index in [-0.39, 0.29) is 11.9 Å². The lowest BCUT2D eigenvalue weighted by molar-refractivity contribution is 0.0656. The first kappa shape index (κ1) is 13.1. The molecule has 1 aromatic rings. The molecule has 1 aromatic carbocycles. The molecule has 18 heavy (non-hydrogen) atoms. The molecule has 1 heterocycles. The summed E-state index contributed by atoms with van der Waals surface area (Å²) >= 11 is 0. The van der Waals surface area contributed by atoms with Gasteiger partial charge in [0.05, 0.1) is 0 Å². The van der Waals surface area contributed by atoms with Crippen molar-refractivity contribution in [1.82, 2.24) is 10.2 Å². The zero-order valence-electron chi connectivity index (χ0n) is 11.4. The Balaban J connectivity index is 2.13. The van der Waals surface area contributed by atoms with E-state index in [4.69, 9.17) is 0 Å². The number of hydrogen-bond donors (Lipinski definition) is 1. The van der Waals surface area contributed by atoms with Crippen molar-refractivity contribution in [2.75, 3.05) is 19.6 Å². The molecule has 0 spiro atoms. The average molecular weight is 246 g/mol. The van der Waals surface area contributed by atoms with E-state index in [1.54, 1.807) is 0 Å². The Hall–Kier alpha value is -1.35. The number of carbonyl (C=O) groups excluding carboxylic acids is 1. The van der Waals surface area contributed by atoms with E-state index in [1.807, 2.05) is 17.0 Å². The number of piperazine rings is 1. The minimum absolute atomic E-state index is 0.152. The number of amides is 1. The van der Waals surface area contributed by atoms with Gasteiger partial charge in [0, 0.05) is 31.2 Å². The Morgan fingerprint density at radius 3 is 2.56 bits per heavy atom. The van der Waals surface area contributed by atoms with Crippen LogP contribution in [-0.4, -0.2) is 36.5 Å². The fourth-order valence-electron chi connectivity index (χ4n) is 2.32. The molecule has 1 aliphatic heterocycles. The maximum absolute atomic E-state index is 12.4. The summed E-state index contributed by atoms with van der Waals surface area (Å²) in [6.45, 7) is 8.98. The van der Waals surface area contributed by atoms with Crippen LogP contribution in [0.2, 0.25) is 0 Å². The molecule has 98 valence electrons. The van der Waals surface area contributed by atoms with Crippen LogP contribution < -0.4 is 5.32 Å². The molecule has 1 atom stereocenters. The standard InChI is InChI=1S/C15H22N2O/c1-11(2)13-4-6-14(7-5-13)15(18)17-9-8-16-10-12(17)3/h4-7,11-12,16H,8-10H2,1-3H3/t12-/m0/s1. The molecule has 1 aliphatic rings. The highest BCUT2D eigenvalue weighted by atomic mass is 16.2. The van der Waals surface area contributed by atoms with Crippen molar-refractivity contribution < 1.29 is 4.79 Å². The van der Waals surface area contributed by atoms with Gasteiger partial charge in [-0.1, -0.05) is 26.0 Å². The van der Waals surface area contributed by atoms with Crippen LogP contribution >= 0.6 is 0 Å². The summed E-state index contributed by atoms with van der Waals surface area (Å²) in [4.78, 5) is 14.3. The number of benzene rings is 1. The molecule has 3 nitrogen and oxygen atoms in total. The van der Waals surface area contributed by atoms with Gasteiger partial charge in [-0.05, 0) is 30.5 Å². The van der Waals surface area contributed by atoms with Crippen molar-refractivity contribution >= 4 is 5.91 Å². The quantitative estimate of drug-likeness (QED) is 0.868. The molecule has 1 saturated heterocycles. The van der Waals surface area contributed by atoms with Crippen LogP contribution in [0.4, 0.5) is 0 Å². The third-order valence-corrected chi connectivity index (χ3v) is 3.59. The van der Waals surface area contributed by atoms with Crippen molar-refractivity contribution in [3.63, 3.8) is 0 Å². The third-order valence-electron chi connectivity index (χ3n) is 3.59. The van der Waals surface area contributed by atoms with E-state index in [2.05, 4.69) is 38.2 Å². The van der Waals surface area contributed by atoms with Gasteiger partial charge in [-0.15, -0.1) is 0 Å². The molecule has 2 rings (SSSR count).